The minimum absolute atomic E-state index is 0. The first-order valence-electron chi connectivity index (χ1n) is 11.9. The molecular weight excluding hydrogens is 666 g/mol. The van der Waals surface area contributed by atoms with Crippen molar-refractivity contribution in [2.75, 3.05) is 0 Å². The normalized spacial score (nSPS) is 18.2. The van der Waals surface area contributed by atoms with Crippen LogP contribution in [0.4, 0.5) is 0 Å². The van der Waals surface area contributed by atoms with Crippen molar-refractivity contribution < 1.29 is 50.7 Å². The second kappa shape index (κ2) is 17.7. The van der Waals surface area contributed by atoms with Gasteiger partial charge in [-0.05, 0) is 0 Å². The number of allylic oxidation sites excluding steroid dienone is 8. The Morgan fingerprint density at radius 1 is 0.657 bits per heavy atom. The Bertz CT molecular complexity index is 913. The van der Waals surface area contributed by atoms with Crippen LogP contribution in [0.15, 0.2) is 84.0 Å². The molecule has 0 nitrogen and oxygen atoms in total. The molecule has 35 heavy (non-hydrogen) atoms. The molecule has 0 heterocycles. The number of hydrogen-bond donors (Lipinski definition) is 0. The summed E-state index contributed by atoms with van der Waals surface area (Å²) in [4.78, 5) is 0. The fourth-order valence-electron chi connectivity index (χ4n) is 3.53. The molecule has 2 atom stereocenters. The van der Waals surface area contributed by atoms with Gasteiger partial charge in [-0.3, -0.25) is 12.2 Å². The van der Waals surface area contributed by atoms with Gasteiger partial charge in [0.05, 0.1) is 0 Å². The largest absolute Gasteiger partial charge is 4.00 e. The molecule has 0 fully saturated rings. The quantitative estimate of drug-likeness (QED) is 0.339. The molecule has 186 valence electrons. The zero-order chi connectivity index (χ0) is 23.7. The molecule has 0 spiro atoms. The maximum atomic E-state index is 3.39. The number of rotatable bonds is 3. The van der Waals surface area contributed by atoms with Crippen molar-refractivity contribution in [1.82, 2.24) is 0 Å². The molecule has 2 aliphatic rings. The molecule has 0 radical (unpaired) electrons. The first-order valence-corrected chi connectivity index (χ1v) is 19.1. The Kier molecular flexibility index (Phi) is 18.4. The standard InChI is InChI=1S/2C13H13.C4H14Si2.2ClH.Hf/c2*1-10-8-11(2)13(9-10)12-6-4-3-5-7-12;1-5-6(2,3)4;;;/h2*3-7,9-10H,1-2H3;5H2,1-4H3;2*1H;/q2*-1;;;;+4/p-2. The zero-order valence-electron chi connectivity index (χ0n) is 22.5. The Morgan fingerprint density at radius 3 is 1.14 bits per heavy atom. The van der Waals surface area contributed by atoms with E-state index in [1.807, 2.05) is 12.1 Å². The van der Waals surface area contributed by atoms with E-state index in [0.717, 1.165) is 0 Å². The maximum absolute atomic E-state index is 3.39. The summed E-state index contributed by atoms with van der Waals surface area (Å²) in [5.74, 6) is 0.936. The van der Waals surface area contributed by atoms with Gasteiger partial charge >= 0.3 is 25.8 Å². The van der Waals surface area contributed by atoms with Gasteiger partial charge in [0.15, 0.2) is 0 Å². The summed E-state index contributed by atoms with van der Waals surface area (Å²) >= 11 is 0. The van der Waals surface area contributed by atoms with Gasteiger partial charge < -0.3 is 24.8 Å². The van der Waals surface area contributed by atoms with Crippen molar-refractivity contribution >= 4 is 27.8 Å². The van der Waals surface area contributed by atoms with Crippen LogP contribution in [0.25, 0.3) is 11.1 Å². The van der Waals surface area contributed by atoms with Gasteiger partial charge in [0, 0.05) is 16.6 Å². The van der Waals surface area contributed by atoms with Crippen molar-refractivity contribution in [3.63, 3.8) is 0 Å². The Hall–Kier alpha value is -0.716. The first kappa shape index (κ1) is 36.4. The van der Waals surface area contributed by atoms with Gasteiger partial charge in [0.2, 0.25) is 0 Å². The fraction of sp³-hybridized carbons (Fsp3) is 0.333. The van der Waals surface area contributed by atoms with Crippen LogP contribution in [0.5, 0.6) is 0 Å². The zero-order valence-corrected chi connectivity index (χ0v) is 30.1. The average molecular weight is 706 g/mol. The third-order valence-electron chi connectivity index (χ3n) is 5.76. The van der Waals surface area contributed by atoms with Crippen LogP contribution < -0.4 is 24.8 Å². The van der Waals surface area contributed by atoms with Crippen LogP contribution in [0.1, 0.15) is 38.8 Å². The summed E-state index contributed by atoms with van der Waals surface area (Å²) in [5, 5.41) is 0. The summed E-state index contributed by atoms with van der Waals surface area (Å²) < 4.78 is 0. The summed E-state index contributed by atoms with van der Waals surface area (Å²) in [6.45, 7) is 18.3. The molecule has 4 rings (SSSR count). The van der Waals surface area contributed by atoms with E-state index >= 15 is 0 Å². The number of benzene rings is 2. The predicted octanol–water partition coefficient (Wildman–Crippen LogP) is 1.98. The van der Waals surface area contributed by atoms with Crippen molar-refractivity contribution in [1.29, 1.82) is 0 Å². The topological polar surface area (TPSA) is 0 Å². The van der Waals surface area contributed by atoms with Crippen LogP contribution in [0.2, 0.25) is 26.2 Å². The molecule has 0 saturated carbocycles. The van der Waals surface area contributed by atoms with Crippen LogP contribution >= 0.6 is 0 Å². The van der Waals surface area contributed by atoms with E-state index in [1.165, 1.54) is 33.4 Å². The third-order valence-corrected chi connectivity index (χ3v) is 14.2. The molecule has 2 aromatic carbocycles. The van der Waals surface area contributed by atoms with Crippen LogP contribution in [-0.4, -0.2) is 16.6 Å². The predicted molar refractivity (Wildman–Crippen MR) is 150 cm³/mol. The van der Waals surface area contributed by atoms with E-state index < -0.39 is 7.59 Å². The Balaban J connectivity index is 0. The molecule has 2 aliphatic carbocycles. The molecule has 0 aromatic heterocycles. The fourth-order valence-corrected chi connectivity index (χ4v) is 3.53. The molecule has 0 saturated heterocycles. The van der Waals surface area contributed by atoms with Gasteiger partial charge in [0.25, 0.3) is 0 Å². The Labute approximate surface area is 249 Å². The van der Waals surface area contributed by atoms with Crippen molar-refractivity contribution in [3.8, 4) is 0 Å². The second-order valence-corrected chi connectivity index (χ2v) is 24.2. The monoisotopic (exact) mass is 706 g/mol. The molecule has 0 amide bonds. The van der Waals surface area contributed by atoms with Crippen LogP contribution in [-0.2, 0) is 25.8 Å². The molecule has 0 bridgehead atoms. The van der Waals surface area contributed by atoms with Crippen molar-refractivity contribution in [2.45, 2.75) is 53.9 Å². The minimum atomic E-state index is -0.492. The second-order valence-electron chi connectivity index (χ2n) is 9.92. The van der Waals surface area contributed by atoms with E-state index in [0.29, 0.717) is 20.9 Å². The molecule has 0 aliphatic heterocycles. The van der Waals surface area contributed by atoms with Crippen molar-refractivity contribution in [2.24, 2.45) is 11.8 Å². The summed E-state index contributed by atoms with van der Waals surface area (Å²) in [6, 6.07) is 21.0. The molecule has 5 heteroatoms. The summed E-state index contributed by atoms with van der Waals surface area (Å²) in [6.07, 6.45) is 11.3. The van der Waals surface area contributed by atoms with Gasteiger partial charge in [-0.25, -0.2) is 11.1 Å². The van der Waals surface area contributed by atoms with E-state index in [1.54, 1.807) is 0 Å². The van der Waals surface area contributed by atoms with Gasteiger partial charge in [0.1, 0.15) is 0 Å². The van der Waals surface area contributed by atoms with E-state index in [-0.39, 0.29) is 50.7 Å². The Morgan fingerprint density at radius 2 is 0.943 bits per heavy atom. The number of halogens is 2. The molecule has 2 unspecified atom stereocenters. The minimum Gasteiger partial charge on any atom is -1.00 e. The molecule has 0 N–H and O–H groups in total. The van der Waals surface area contributed by atoms with Gasteiger partial charge in [-0.15, -0.1) is 11.1 Å². The van der Waals surface area contributed by atoms with Crippen LogP contribution in [0, 0.1) is 24.0 Å². The summed E-state index contributed by atoms with van der Waals surface area (Å²) in [7, 11) is -0.101. The average Bonchev–Trinajstić information content (AvgIpc) is 3.29. The smallest absolute Gasteiger partial charge is 1.00 e. The van der Waals surface area contributed by atoms with E-state index in [4.69, 9.17) is 0 Å². The van der Waals surface area contributed by atoms with Crippen molar-refractivity contribution in [3.05, 3.63) is 107 Å². The van der Waals surface area contributed by atoms with Gasteiger partial charge in [-0.1, -0.05) is 126 Å². The molecular formula is C30H40Cl2HfSi2. The summed E-state index contributed by atoms with van der Waals surface area (Å²) in [5.41, 5.74) is 7.84. The van der Waals surface area contributed by atoms with Gasteiger partial charge in [-0.2, -0.15) is 23.3 Å². The van der Waals surface area contributed by atoms with E-state index in [2.05, 4.69) is 127 Å². The number of hydrogen-bond acceptors (Lipinski definition) is 0. The van der Waals surface area contributed by atoms with Crippen LogP contribution in [0.3, 0.4) is 0 Å². The SMILES string of the molecule is CC1=[C-]C(C)C=C1c1ccccc1.CC1=[C-]C(C)C=C1c1ccccc1.C[SiH2][Si](C)(C)C.[Cl-].[Cl-].[Hf+4]. The third kappa shape index (κ3) is 12.9. The van der Waals surface area contributed by atoms with E-state index in [9.17, 15) is 0 Å². The maximum Gasteiger partial charge on any atom is 4.00 e. The first-order chi connectivity index (χ1) is 15.1. The molecule has 2 aromatic rings.